The highest BCUT2D eigenvalue weighted by atomic mass is 32.2. The van der Waals surface area contributed by atoms with Crippen LogP contribution in [0.5, 0.6) is 0 Å². The Kier molecular flexibility index (Phi) is 6.57. The van der Waals surface area contributed by atoms with Crippen LogP contribution in [0, 0.1) is 5.92 Å². The van der Waals surface area contributed by atoms with E-state index in [0.29, 0.717) is 11.7 Å². The molecule has 0 bridgehead atoms. The first-order chi connectivity index (χ1) is 8.65. The lowest BCUT2D eigenvalue weighted by Crippen LogP contribution is -2.26. The first kappa shape index (κ1) is 14.8. The van der Waals surface area contributed by atoms with E-state index in [1.807, 2.05) is 6.08 Å². The first-order valence-corrected chi connectivity index (χ1v) is 7.28. The lowest BCUT2D eigenvalue weighted by atomic mass is 10.2. The van der Waals surface area contributed by atoms with Gasteiger partial charge in [-0.2, -0.15) is 11.8 Å². The van der Waals surface area contributed by atoms with Gasteiger partial charge in [0.15, 0.2) is 5.82 Å². The number of rotatable bonds is 8. The van der Waals surface area contributed by atoms with Crippen molar-refractivity contribution in [2.45, 2.75) is 20.4 Å². The lowest BCUT2D eigenvalue weighted by Gasteiger charge is -2.10. The van der Waals surface area contributed by atoms with Crippen LogP contribution in [0.1, 0.15) is 13.8 Å². The molecule has 1 heterocycles. The Balaban J connectivity index is 2.55. The summed E-state index contributed by atoms with van der Waals surface area (Å²) in [5, 5.41) is 3.09. The molecule has 0 aromatic carbocycles. The SMILES string of the molecule is C=CCSCCNc1nccn(CC(C)C)c1=O. The summed E-state index contributed by atoms with van der Waals surface area (Å²) in [5.41, 5.74) is -0.0417. The molecular formula is C13H21N3OS. The molecule has 1 aromatic rings. The molecule has 0 unspecified atom stereocenters. The van der Waals surface area contributed by atoms with Crippen molar-refractivity contribution in [3.05, 3.63) is 35.4 Å². The predicted molar refractivity (Wildman–Crippen MR) is 79.3 cm³/mol. The highest BCUT2D eigenvalue weighted by Crippen LogP contribution is 2.01. The number of thioether (sulfide) groups is 1. The van der Waals surface area contributed by atoms with E-state index >= 15 is 0 Å². The third-order valence-electron chi connectivity index (χ3n) is 2.25. The summed E-state index contributed by atoms with van der Waals surface area (Å²) in [4.78, 5) is 16.1. The number of anilines is 1. The molecule has 0 atom stereocenters. The molecule has 0 amide bonds. The van der Waals surface area contributed by atoms with E-state index in [-0.39, 0.29) is 5.56 Å². The van der Waals surface area contributed by atoms with Gasteiger partial charge < -0.3 is 9.88 Å². The topological polar surface area (TPSA) is 46.9 Å². The van der Waals surface area contributed by atoms with Gasteiger partial charge in [0.05, 0.1) is 0 Å². The fourth-order valence-corrected chi connectivity index (χ4v) is 2.09. The Morgan fingerprint density at radius 1 is 1.61 bits per heavy atom. The average Bonchev–Trinajstić information content (AvgIpc) is 2.33. The number of hydrogen-bond donors (Lipinski definition) is 1. The molecule has 0 aliphatic heterocycles. The summed E-state index contributed by atoms with van der Waals surface area (Å²) in [5.74, 6) is 2.76. The molecular weight excluding hydrogens is 246 g/mol. The largest absolute Gasteiger partial charge is 0.365 e. The van der Waals surface area contributed by atoms with Gasteiger partial charge in [0.1, 0.15) is 0 Å². The molecule has 0 saturated heterocycles. The van der Waals surface area contributed by atoms with E-state index in [9.17, 15) is 4.79 Å². The van der Waals surface area contributed by atoms with Crippen molar-refractivity contribution >= 4 is 17.6 Å². The fraction of sp³-hybridized carbons (Fsp3) is 0.538. The van der Waals surface area contributed by atoms with E-state index in [0.717, 1.165) is 24.6 Å². The molecule has 0 aliphatic rings. The Morgan fingerprint density at radius 3 is 3.06 bits per heavy atom. The molecule has 0 fully saturated rings. The van der Waals surface area contributed by atoms with Crippen molar-refractivity contribution in [3.63, 3.8) is 0 Å². The maximum absolute atomic E-state index is 12.0. The van der Waals surface area contributed by atoms with Gasteiger partial charge in [0.25, 0.3) is 5.56 Å². The smallest absolute Gasteiger partial charge is 0.293 e. The summed E-state index contributed by atoms with van der Waals surface area (Å²) in [6, 6.07) is 0. The van der Waals surface area contributed by atoms with Gasteiger partial charge in [-0.15, -0.1) is 6.58 Å². The lowest BCUT2D eigenvalue weighted by molar-refractivity contribution is 0.509. The van der Waals surface area contributed by atoms with Crippen LogP contribution in [0.25, 0.3) is 0 Å². The summed E-state index contributed by atoms with van der Waals surface area (Å²) in [7, 11) is 0. The van der Waals surface area contributed by atoms with Gasteiger partial charge in [-0.25, -0.2) is 4.98 Å². The van der Waals surface area contributed by atoms with Gasteiger partial charge in [0, 0.05) is 37.0 Å². The Bertz CT molecular complexity index is 428. The molecule has 100 valence electrons. The van der Waals surface area contributed by atoms with Crippen molar-refractivity contribution in [1.29, 1.82) is 0 Å². The second-order valence-electron chi connectivity index (χ2n) is 4.42. The molecule has 1 rings (SSSR count). The van der Waals surface area contributed by atoms with E-state index in [1.165, 1.54) is 0 Å². The van der Waals surface area contributed by atoms with Gasteiger partial charge in [-0.1, -0.05) is 19.9 Å². The molecule has 4 nitrogen and oxygen atoms in total. The normalized spacial score (nSPS) is 10.6. The summed E-state index contributed by atoms with van der Waals surface area (Å²) in [6.07, 6.45) is 5.28. The van der Waals surface area contributed by atoms with Crippen LogP contribution in [0.2, 0.25) is 0 Å². The average molecular weight is 267 g/mol. The second kappa shape index (κ2) is 7.97. The molecule has 0 spiro atoms. The van der Waals surface area contributed by atoms with Crippen LogP contribution < -0.4 is 10.9 Å². The van der Waals surface area contributed by atoms with Crippen LogP contribution in [-0.2, 0) is 6.54 Å². The number of nitrogens with one attached hydrogen (secondary N) is 1. The van der Waals surface area contributed by atoms with Crippen LogP contribution in [0.4, 0.5) is 5.82 Å². The van der Waals surface area contributed by atoms with Gasteiger partial charge >= 0.3 is 0 Å². The quantitative estimate of drug-likeness (QED) is 0.579. The molecule has 1 aromatic heterocycles. The van der Waals surface area contributed by atoms with Gasteiger partial charge in [-0.05, 0) is 5.92 Å². The van der Waals surface area contributed by atoms with Gasteiger partial charge in [-0.3, -0.25) is 4.79 Å². The standard InChI is InChI=1S/C13H21N3OS/c1-4-8-18-9-6-15-12-13(17)16(7-5-14-12)10-11(2)3/h4-5,7,11H,1,6,8-10H2,2-3H3,(H,14,15). The Hall–Kier alpha value is -1.23. The zero-order chi connectivity index (χ0) is 13.4. The molecule has 0 aliphatic carbocycles. The van der Waals surface area contributed by atoms with Crippen molar-refractivity contribution in [1.82, 2.24) is 9.55 Å². The summed E-state index contributed by atoms with van der Waals surface area (Å²) >= 11 is 1.78. The van der Waals surface area contributed by atoms with E-state index in [1.54, 1.807) is 28.7 Å². The van der Waals surface area contributed by atoms with E-state index in [4.69, 9.17) is 0 Å². The van der Waals surface area contributed by atoms with Crippen LogP contribution in [0.3, 0.4) is 0 Å². The fourth-order valence-electron chi connectivity index (χ4n) is 1.51. The minimum atomic E-state index is -0.0417. The molecule has 0 saturated carbocycles. The Labute approximate surface area is 113 Å². The van der Waals surface area contributed by atoms with Crippen molar-refractivity contribution < 1.29 is 0 Å². The van der Waals surface area contributed by atoms with Crippen LogP contribution >= 0.6 is 11.8 Å². The molecule has 1 N–H and O–H groups in total. The minimum Gasteiger partial charge on any atom is -0.365 e. The molecule has 18 heavy (non-hydrogen) atoms. The monoisotopic (exact) mass is 267 g/mol. The highest BCUT2D eigenvalue weighted by molar-refractivity contribution is 7.99. The summed E-state index contributed by atoms with van der Waals surface area (Å²) in [6.45, 7) is 9.31. The summed E-state index contributed by atoms with van der Waals surface area (Å²) < 4.78 is 1.71. The number of hydrogen-bond acceptors (Lipinski definition) is 4. The maximum Gasteiger partial charge on any atom is 0.293 e. The van der Waals surface area contributed by atoms with Crippen LogP contribution in [0.15, 0.2) is 29.8 Å². The first-order valence-electron chi connectivity index (χ1n) is 6.13. The third-order valence-corrected chi connectivity index (χ3v) is 3.21. The minimum absolute atomic E-state index is 0.0417. The second-order valence-corrected chi connectivity index (χ2v) is 5.57. The van der Waals surface area contributed by atoms with Crippen molar-refractivity contribution in [3.8, 4) is 0 Å². The third kappa shape index (κ3) is 4.96. The maximum atomic E-state index is 12.0. The van der Waals surface area contributed by atoms with Crippen molar-refractivity contribution in [2.24, 2.45) is 5.92 Å². The zero-order valence-electron chi connectivity index (χ0n) is 11.1. The zero-order valence-corrected chi connectivity index (χ0v) is 11.9. The molecule has 0 radical (unpaired) electrons. The van der Waals surface area contributed by atoms with E-state index in [2.05, 4.69) is 30.7 Å². The van der Waals surface area contributed by atoms with Gasteiger partial charge in [0.2, 0.25) is 0 Å². The number of nitrogens with zero attached hydrogens (tertiary/aromatic N) is 2. The van der Waals surface area contributed by atoms with Crippen LogP contribution in [-0.4, -0.2) is 27.6 Å². The molecule has 5 heteroatoms. The number of aromatic nitrogens is 2. The van der Waals surface area contributed by atoms with E-state index < -0.39 is 0 Å². The van der Waals surface area contributed by atoms with Crippen molar-refractivity contribution in [2.75, 3.05) is 23.4 Å². The Morgan fingerprint density at radius 2 is 2.39 bits per heavy atom. The highest BCUT2D eigenvalue weighted by Gasteiger charge is 2.05. The predicted octanol–water partition coefficient (Wildman–Crippen LogP) is 2.23.